The van der Waals surface area contributed by atoms with Crippen molar-refractivity contribution < 1.29 is 52.2 Å². The number of aliphatic hydroxyl groups excluding tert-OH is 1. The summed E-state index contributed by atoms with van der Waals surface area (Å²) in [6.07, 6.45) is 60.7. The molecule has 0 spiro atoms. The van der Waals surface area contributed by atoms with Gasteiger partial charge in [0.1, 0.15) is 12.7 Å². The van der Waals surface area contributed by atoms with Crippen molar-refractivity contribution in [3.8, 4) is 0 Å². The number of hydrogen-bond donors (Lipinski definition) is 2. The largest absolute Gasteiger partial charge is 0.472 e. The molecule has 70 heavy (non-hydrogen) atoms. The van der Waals surface area contributed by atoms with Crippen LogP contribution >= 0.6 is 7.82 Å². The number of hydrogen-bond acceptors (Lipinski definition) is 10. The maximum atomic E-state index is 12.9. The van der Waals surface area contributed by atoms with E-state index in [1.807, 2.05) is 18.2 Å². The maximum absolute atomic E-state index is 12.9. The number of esters is 3. The third kappa shape index (κ3) is 49.1. The van der Waals surface area contributed by atoms with E-state index in [-0.39, 0.29) is 25.9 Å². The second kappa shape index (κ2) is 51.5. The van der Waals surface area contributed by atoms with Gasteiger partial charge in [0.05, 0.1) is 19.8 Å². The van der Waals surface area contributed by atoms with Crippen LogP contribution in [-0.4, -0.2) is 66.5 Å². The molecule has 3 atom stereocenters. The molecule has 0 aliphatic carbocycles. The highest BCUT2D eigenvalue weighted by molar-refractivity contribution is 7.47. The summed E-state index contributed by atoms with van der Waals surface area (Å²) < 4.78 is 39.3. The molecule has 0 amide bonds. The zero-order chi connectivity index (χ0) is 51.3. The van der Waals surface area contributed by atoms with Gasteiger partial charge < -0.3 is 24.2 Å². The fraction of sp³-hybridized carbons (Fsp3) is 0.638. The zero-order valence-electron chi connectivity index (χ0n) is 43.7. The Morgan fingerprint density at radius 3 is 1.24 bits per heavy atom. The van der Waals surface area contributed by atoms with E-state index in [0.29, 0.717) is 19.3 Å². The van der Waals surface area contributed by atoms with Gasteiger partial charge in [0.25, 0.3) is 0 Å². The molecule has 0 aromatic heterocycles. The van der Waals surface area contributed by atoms with Crippen molar-refractivity contribution in [2.24, 2.45) is 0 Å². The zero-order valence-corrected chi connectivity index (χ0v) is 44.6. The van der Waals surface area contributed by atoms with E-state index in [4.69, 9.17) is 23.3 Å². The molecule has 0 saturated carbocycles. The number of ether oxygens (including phenoxy) is 3. The predicted octanol–water partition coefficient (Wildman–Crippen LogP) is 15.5. The van der Waals surface area contributed by atoms with Gasteiger partial charge in [0, 0.05) is 19.3 Å². The van der Waals surface area contributed by atoms with Gasteiger partial charge >= 0.3 is 25.7 Å². The summed E-state index contributed by atoms with van der Waals surface area (Å²) >= 11 is 0. The number of aliphatic hydroxyl groups is 1. The molecule has 12 heteroatoms. The molecule has 0 aliphatic rings. The summed E-state index contributed by atoms with van der Waals surface area (Å²) in [6.45, 7) is 4.24. The van der Waals surface area contributed by atoms with Crippen LogP contribution in [0.15, 0.2) is 109 Å². The van der Waals surface area contributed by atoms with Crippen LogP contribution in [0.1, 0.15) is 201 Å². The second-order valence-electron chi connectivity index (χ2n) is 17.3. The fourth-order valence-electron chi connectivity index (χ4n) is 6.63. The molecule has 0 heterocycles. The number of carbonyl (C=O) groups is 3. The van der Waals surface area contributed by atoms with Crippen molar-refractivity contribution in [1.82, 2.24) is 0 Å². The van der Waals surface area contributed by atoms with Gasteiger partial charge in [-0.3, -0.25) is 23.4 Å². The minimum Gasteiger partial charge on any atom is -0.462 e. The first-order valence-corrected chi connectivity index (χ1v) is 28.3. The van der Waals surface area contributed by atoms with Gasteiger partial charge in [-0.15, -0.1) is 0 Å². The Balaban J connectivity index is 4.82. The first-order valence-electron chi connectivity index (χ1n) is 26.8. The average molecular weight is 999 g/mol. The summed E-state index contributed by atoms with van der Waals surface area (Å²) in [7, 11) is -4.77. The van der Waals surface area contributed by atoms with Gasteiger partial charge in [0.15, 0.2) is 6.10 Å². The molecular weight excluding hydrogens is 904 g/mol. The van der Waals surface area contributed by atoms with Gasteiger partial charge in [-0.2, -0.15) is 0 Å². The topological polar surface area (TPSA) is 155 Å². The fourth-order valence-corrected chi connectivity index (χ4v) is 7.42. The third-order valence-electron chi connectivity index (χ3n) is 10.7. The number of allylic oxidation sites excluding steroid dienone is 18. The highest BCUT2D eigenvalue weighted by atomic mass is 31.2. The SMILES string of the molecule is CC/C=C\C/C=C\C/C=C\C/C=C\CCCCCCCCC(=O)OC(COC(=O)CCCCCCC/C=C\CCCC)COP(=O)(O)OCC(CO)OC(=O)CC/C=C\C/C=C\C/C=C\C/C=C\CC. The van der Waals surface area contributed by atoms with Crippen LogP contribution in [0.3, 0.4) is 0 Å². The number of unbranched alkanes of at least 4 members (excludes halogenated alkanes) is 13. The monoisotopic (exact) mass is 999 g/mol. The highest BCUT2D eigenvalue weighted by Crippen LogP contribution is 2.43. The normalized spacial score (nSPS) is 14.3. The van der Waals surface area contributed by atoms with Crippen molar-refractivity contribution in [3.63, 3.8) is 0 Å². The Morgan fingerprint density at radius 2 is 0.771 bits per heavy atom. The summed E-state index contributed by atoms with van der Waals surface area (Å²) in [6, 6.07) is 0. The number of phosphoric acid groups is 1. The van der Waals surface area contributed by atoms with Crippen molar-refractivity contribution in [1.29, 1.82) is 0 Å². The Morgan fingerprint density at radius 1 is 0.414 bits per heavy atom. The summed E-state index contributed by atoms with van der Waals surface area (Å²) in [5, 5.41) is 9.76. The van der Waals surface area contributed by atoms with Crippen molar-refractivity contribution in [2.45, 2.75) is 213 Å². The molecule has 2 N–H and O–H groups in total. The molecule has 0 aliphatic heterocycles. The molecule has 0 bridgehead atoms. The van der Waals surface area contributed by atoms with Crippen molar-refractivity contribution >= 4 is 25.7 Å². The van der Waals surface area contributed by atoms with E-state index < -0.39 is 57.8 Å². The van der Waals surface area contributed by atoms with E-state index in [1.54, 1.807) is 0 Å². The Labute approximate surface area is 425 Å². The predicted molar refractivity (Wildman–Crippen MR) is 288 cm³/mol. The molecular formula is C58H95O11P. The van der Waals surface area contributed by atoms with Crippen molar-refractivity contribution in [2.75, 3.05) is 26.4 Å². The molecule has 0 fully saturated rings. The Kier molecular flexibility index (Phi) is 48.7. The van der Waals surface area contributed by atoms with E-state index in [0.717, 1.165) is 128 Å². The van der Waals surface area contributed by atoms with Crippen LogP contribution in [0.4, 0.5) is 0 Å². The molecule has 0 aromatic carbocycles. The molecule has 3 unspecified atom stereocenters. The van der Waals surface area contributed by atoms with E-state index in [1.165, 1.54) is 12.8 Å². The summed E-state index contributed by atoms with van der Waals surface area (Å²) in [5.74, 6) is -1.59. The maximum Gasteiger partial charge on any atom is 0.472 e. The molecule has 11 nitrogen and oxygen atoms in total. The third-order valence-corrected chi connectivity index (χ3v) is 11.6. The number of phosphoric ester groups is 1. The molecule has 0 radical (unpaired) electrons. The van der Waals surface area contributed by atoms with Crippen LogP contribution in [0.25, 0.3) is 0 Å². The van der Waals surface area contributed by atoms with Crippen LogP contribution < -0.4 is 0 Å². The van der Waals surface area contributed by atoms with Gasteiger partial charge in [-0.1, -0.05) is 188 Å². The first-order chi connectivity index (χ1) is 34.2. The Hall–Kier alpha value is -3.86. The first kappa shape index (κ1) is 66.1. The standard InChI is InChI=1S/C58H95O11P/c1-4-7-10-13-16-19-22-24-25-26-27-28-29-31-34-37-40-43-46-49-58(62)69-55(51-65-56(60)47-44-41-38-35-32-21-18-15-12-9-6-3)53-67-70(63,64)66-52-54(50-59)68-57(61)48-45-42-39-36-33-30-23-20-17-14-11-8-5-2/h7-8,10-11,15-20,24-25,27-28,30,33,39,42,54-55,59H,4-6,9,12-14,21-23,26,29,31-32,34-38,40-41,43-53H2,1-3H3,(H,63,64)/b10-7-,11-8-,18-15-,19-16-,20-17-,25-24-,28-27-,33-30-,42-39-. The smallest absolute Gasteiger partial charge is 0.462 e. The number of rotatable bonds is 48. The lowest BCUT2D eigenvalue weighted by Gasteiger charge is -2.21. The molecule has 0 rings (SSSR count). The van der Waals surface area contributed by atoms with Gasteiger partial charge in [-0.25, -0.2) is 4.57 Å². The highest BCUT2D eigenvalue weighted by Gasteiger charge is 2.28. The summed E-state index contributed by atoms with van der Waals surface area (Å²) in [5.41, 5.74) is 0. The van der Waals surface area contributed by atoms with Gasteiger partial charge in [-0.05, 0) is 103 Å². The van der Waals surface area contributed by atoms with Crippen LogP contribution in [0.5, 0.6) is 0 Å². The lowest BCUT2D eigenvalue weighted by Crippen LogP contribution is -2.30. The van der Waals surface area contributed by atoms with E-state index in [2.05, 4.69) is 112 Å². The van der Waals surface area contributed by atoms with E-state index >= 15 is 0 Å². The Bertz CT molecular complexity index is 1590. The molecule has 0 saturated heterocycles. The van der Waals surface area contributed by atoms with Crippen LogP contribution in [0.2, 0.25) is 0 Å². The lowest BCUT2D eigenvalue weighted by molar-refractivity contribution is -0.161. The van der Waals surface area contributed by atoms with Crippen LogP contribution in [0, 0.1) is 0 Å². The van der Waals surface area contributed by atoms with Crippen LogP contribution in [-0.2, 0) is 42.2 Å². The quantitative estimate of drug-likeness (QED) is 0.0197. The lowest BCUT2D eigenvalue weighted by atomic mass is 10.1. The minimum atomic E-state index is -4.77. The van der Waals surface area contributed by atoms with Crippen molar-refractivity contribution in [3.05, 3.63) is 109 Å². The van der Waals surface area contributed by atoms with Gasteiger partial charge in [0.2, 0.25) is 0 Å². The minimum absolute atomic E-state index is 0.0497. The van der Waals surface area contributed by atoms with E-state index in [9.17, 15) is 28.9 Å². The summed E-state index contributed by atoms with van der Waals surface area (Å²) in [4.78, 5) is 48.3. The molecule has 0 aromatic rings. The second-order valence-corrected chi connectivity index (χ2v) is 18.7. The average Bonchev–Trinajstić information content (AvgIpc) is 3.35. The number of carbonyl (C=O) groups excluding carboxylic acids is 3. The molecule has 398 valence electrons.